The summed E-state index contributed by atoms with van der Waals surface area (Å²) in [6.45, 7) is 5.36. The lowest BCUT2D eigenvalue weighted by Crippen LogP contribution is -2.54. The molecule has 0 radical (unpaired) electrons. The molecule has 5 rings (SSSR count). The maximum atomic E-state index is 12.9. The Hall–Kier alpha value is -1.59. The fourth-order valence-electron chi connectivity index (χ4n) is 6.88. The van der Waals surface area contributed by atoms with Gasteiger partial charge in [0.05, 0.1) is 0 Å². The van der Waals surface area contributed by atoms with Crippen LogP contribution in [0.1, 0.15) is 58.8 Å². The SMILES string of the molecule is C[C@@H]1C[C@H](C)CN(C(=O)COC(=O)CNC(=O)C23CC4CC(CC(C4)C2)C3)C1. The first-order chi connectivity index (χ1) is 13.3. The van der Waals surface area contributed by atoms with Crippen molar-refractivity contribution < 1.29 is 19.1 Å². The summed E-state index contributed by atoms with van der Waals surface area (Å²) in [6, 6.07) is 0. The van der Waals surface area contributed by atoms with E-state index < -0.39 is 5.97 Å². The standard InChI is InChI=1S/C22H34N2O4/c1-14-3-15(2)12-24(11-14)19(25)13-28-20(26)10-23-21(27)22-7-16-4-17(8-22)6-18(5-16)9-22/h14-18H,3-13H2,1-2H3,(H,23,27)/t14-,15+,16?,17?,18?,22?. The van der Waals surface area contributed by atoms with Crippen LogP contribution < -0.4 is 5.32 Å². The Labute approximate surface area is 167 Å². The van der Waals surface area contributed by atoms with Gasteiger partial charge in [-0.3, -0.25) is 14.4 Å². The molecular formula is C22H34N2O4. The van der Waals surface area contributed by atoms with Crippen molar-refractivity contribution in [2.24, 2.45) is 35.0 Å². The second-order valence-electron chi connectivity index (χ2n) is 10.3. The van der Waals surface area contributed by atoms with Crippen LogP contribution in [0.5, 0.6) is 0 Å². The highest BCUT2D eigenvalue weighted by molar-refractivity contribution is 5.87. The maximum Gasteiger partial charge on any atom is 0.325 e. The lowest BCUT2D eigenvalue weighted by Gasteiger charge is -2.55. The average Bonchev–Trinajstić information content (AvgIpc) is 2.62. The molecule has 4 saturated carbocycles. The monoisotopic (exact) mass is 390 g/mol. The molecule has 1 aliphatic heterocycles. The summed E-state index contributed by atoms with van der Waals surface area (Å²) in [6.07, 6.45) is 7.90. The lowest BCUT2D eigenvalue weighted by atomic mass is 9.49. The van der Waals surface area contributed by atoms with Gasteiger partial charge < -0.3 is 15.0 Å². The lowest BCUT2D eigenvalue weighted by molar-refractivity contribution is -0.155. The highest BCUT2D eigenvalue weighted by Gasteiger charge is 2.54. The number of hydrogen-bond donors (Lipinski definition) is 1. The zero-order valence-corrected chi connectivity index (χ0v) is 17.2. The molecular weight excluding hydrogens is 356 g/mol. The molecule has 5 fully saturated rings. The van der Waals surface area contributed by atoms with Crippen molar-refractivity contribution in [2.45, 2.75) is 58.8 Å². The fourth-order valence-corrected chi connectivity index (χ4v) is 6.88. The number of carbonyl (C=O) groups excluding carboxylic acids is 3. The van der Waals surface area contributed by atoms with Crippen LogP contribution in [0.3, 0.4) is 0 Å². The van der Waals surface area contributed by atoms with Gasteiger partial charge in [0.1, 0.15) is 6.54 Å². The summed E-state index contributed by atoms with van der Waals surface area (Å²) >= 11 is 0. The van der Waals surface area contributed by atoms with E-state index in [0.717, 1.165) is 38.8 Å². The van der Waals surface area contributed by atoms with Crippen LogP contribution in [-0.4, -0.2) is 48.9 Å². The molecule has 4 bridgehead atoms. The molecule has 0 aromatic heterocycles. The van der Waals surface area contributed by atoms with Gasteiger partial charge in [-0.2, -0.15) is 0 Å². The van der Waals surface area contributed by atoms with Crippen molar-refractivity contribution in [3.8, 4) is 0 Å². The molecule has 2 amide bonds. The Morgan fingerprint density at radius 1 is 0.929 bits per heavy atom. The van der Waals surface area contributed by atoms with Crippen molar-refractivity contribution in [3.05, 3.63) is 0 Å². The van der Waals surface area contributed by atoms with Gasteiger partial charge in [0, 0.05) is 18.5 Å². The number of amides is 2. The van der Waals surface area contributed by atoms with Crippen LogP contribution in [-0.2, 0) is 19.1 Å². The third kappa shape index (κ3) is 4.06. The minimum Gasteiger partial charge on any atom is -0.454 e. The summed E-state index contributed by atoms with van der Waals surface area (Å²) < 4.78 is 5.15. The topological polar surface area (TPSA) is 75.7 Å². The van der Waals surface area contributed by atoms with E-state index in [1.165, 1.54) is 19.3 Å². The van der Waals surface area contributed by atoms with Gasteiger partial charge in [-0.05, 0) is 74.5 Å². The Morgan fingerprint density at radius 2 is 1.46 bits per heavy atom. The number of likely N-dealkylation sites (tertiary alicyclic amines) is 1. The van der Waals surface area contributed by atoms with Gasteiger partial charge in [-0.25, -0.2) is 0 Å². The minimum atomic E-state index is -0.524. The number of esters is 1. The van der Waals surface area contributed by atoms with Gasteiger partial charge >= 0.3 is 5.97 Å². The van der Waals surface area contributed by atoms with Gasteiger partial charge in [-0.15, -0.1) is 0 Å². The van der Waals surface area contributed by atoms with E-state index in [-0.39, 0.29) is 30.4 Å². The molecule has 1 saturated heterocycles. The van der Waals surface area contributed by atoms with Crippen molar-refractivity contribution in [3.63, 3.8) is 0 Å². The zero-order valence-electron chi connectivity index (χ0n) is 17.2. The van der Waals surface area contributed by atoms with Gasteiger partial charge in [0.25, 0.3) is 5.91 Å². The van der Waals surface area contributed by atoms with E-state index in [9.17, 15) is 14.4 Å². The summed E-state index contributed by atoms with van der Waals surface area (Å²) in [7, 11) is 0. The molecule has 1 heterocycles. The Balaban J connectivity index is 1.21. The molecule has 28 heavy (non-hydrogen) atoms. The van der Waals surface area contributed by atoms with Crippen LogP contribution >= 0.6 is 0 Å². The Morgan fingerprint density at radius 3 is 2.00 bits per heavy atom. The smallest absolute Gasteiger partial charge is 0.325 e. The molecule has 5 aliphatic rings. The van der Waals surface area contributed by atoms with E-state index in [1.807, 2.05) is 0 Å². The number of hydrogen-bond acceptors (Lipinski definition) is 4. The predicted octanol–water partition coefficient (Wildman–Crippen LogP) is 2.37. The third-order valence-corrected chi connectivity index (χ3v) is 7.49. The summed E-state index contributed by atoms with van der Waals surface area (Å²) in [5, 5.41) is 2.82. The second-order valence-corrected chi connectivity index (χ2v) is 10.3. The van der Waals surface area contributed by atoms with Crippen LogP contribution in [0.2, 0.25) is 0 Å². The molecule has 4 aliphatic carbocycles. The molecule has 1 N–H and O–H groups in total. The van der Waals surface area contributed by atoms with Crippen LogP contribution in [0.4, 0.5) is 0 Å². The normalized spacial score (nSPS) is 38.9. The number of ether oxygens (including phenoxy) is 1. The molecule has 6 heteroatoms. The van der Waals surface area contributed by atoms with Gasteiger partial charge in [-0.1, -0.05) is 13.8 Å². The van der Waals surface area contributed by atoms with Crippen LogP contribution in [0.15, 0.2) is 0 Å². The first-order valence-electron chi connectivity index (χ1n) is 11.0. The molecule has 6 nitrogen and oxygen atoms in total. The van der Waals surface area contributed by atoms with Crippen molar-refractivity contribution >= 4 is 17.8 Å². The quantitative estimate of drug-likeness (QED) is 0.731. The van der Waals surface area contributed by atoms with Crippen molar-refractivity contribution in [2.75, 3.05) is 26.2 Å². The van der Waals surface area contributed by atoms with Crippen molar-refractivity contribution in [1.29, 1.82) is 0 Å². The number of carbonyl (C=O) groups is 3. The largest absolute Gasteiger partial charge is 0.454 e. The number of nitrogens with zero attached hydrogens (tertiary/aromatic N) is 1. The van der Waals surface area contributed by atoms with E-state index in [1.54, 1.807) is 4.90 Å². The van der Waals surface area contributed by atoms with E-state index in [4.69, 9.17) is 4.74 Å². The number of piperidine rings is 1. The van der Waals surface area contributed by atoms with E-state index >= 15 is 0 Å². The summed E-state index contributed by atoms with van der Waals surface area (Å²) in [5.41, 5.74) is -0.259. The first kappa shape index (κ1) is 19.7. The highest BCUT2D eigenvalue weighted by Crippen LogP contribution is 2.60. The highest BCUT2D eigenvalue weighted by atomic mass is 16.5. The van der Waals surface area contributed by atoms with Crippen molar-refractivity contribution in [1.82, 2.24) is 10.2 Å². The number of nitrogens with one attached hydrogen (secondary N) is 1. The summed E-state index contributed by atoms with van der Waals surface area (Å²) in [5.74, 6) is 2.38. The molecule has 0 spiro atoms. The second kappa shape index (κ2) is 7.68. The predicted molar refractivity (Wildman–Crippen MR) is 104 cm³/mol. The number of rotatable bonds is 5. The van der Waals surface area contributed by atoms with Gasteiger partial charge in [0.15, 0.2) is 6.61 Å². The molecule has 2 atom stereocenters. The van der Waals surface area contributed by atoms with Gasteiger partial charge in [0.2, 0.25) is 5.91 Å². The van der Waals surface area contributed by atoms with Crippen LogP contribution in [0.25, 0.3) is 0 Å². The zero-order chi connectivity index (χ0) is 19.9. The Kier molecular flexibility index (Phi) is 5.41. The van der Waals surface area contributed by atoms with E-state index in [0.29, 0.717) is 29.6 Å². The first-order valence-corrected chi connectivity index (χ1v) is 11.0. The molecule has 0 aromatic rings. The third-order valence-electron chi connectivity index (χ3n) is 7.49. The Bertz CT molecular complexity index is 601. The minimum absolute atomic E-state index is 0.0218. The van der Waals surface area contributed by atoms with E-state index in [2.05, 4.69) is 19.2 Å². The maximum absolute atomic E-state index is 12.9. The average molecular weight is 391 g/mol. The molecule has 156 valence electrons. The van der Waals surface area contributed by atoms with Crippen LogP contribution in [0, 0.1) is 35.0 Å². The molecule has 0 unspecified atom stereocenters. The summed E-state index contributed by atoms with van der Waals surface area (Å²) in [4.78, 5) is 39.1. The molecule has 0 aromatic carbocycles. The fraction of sp³-hybridized carbons (Fsp3) is 0.864.